The lowest BCUT2D eigenvalue weighted by molar-refractivity contribution is -0.255. The van der Waals surface area contributed by atoms with Gasteiger partial charge in [0.1, 0.15) is 12.4 Å². The Morgan fingerprint density at radius 1 is 1.13 bits per heavy atom. The summed E-state index contributed by atoms with van der Waals surface area (Å²) in [6.45, 7) is 2.08. The molecule has 0 aliphatic rings. The van der Waals surface area contributed by atoms with Crippen LogP contribution in [0.4, 0.5) is 5.69 Å². The first-order chi connectivity index (χ1) is 14.5. The van der Waals surface area contributed by atoms with Gasteiger partial charge in [0.25, 0.3) is 0 Å². The van der Waals surface area contributed by atoms with Crippen LogP contribution in [0.15, 0.2) is 53.7 Å². The number of carbonyl (C=O) groups excluding carboxylic acids is 2. The number of nitrogens with one attached hydrogen (secondary N) is 1. The molecule has 0 bridgehead atoms. The summed E-state index contributed by atoms with van der Waals surface area (Å²) in [7, 11) is 1.81. The molecule has 0 aliphatic carbocycles. The predicted molar refractivity (Wildman–Crippen MR) is 111 cm³/mol. The number of thioether (sulfide) groups is 1. The van der Waals surface area contributed by atoms with Crippen molar-refractivity contribution >= 4 is 29.3 Å². The van der Waals surface area contributed by atoms with E-state index in [1.54, 1.807) is 16.7 Å². The number of carboxylic acids is 1. The zero-order valence-corrected chi connectivity index (χ0v) is 17.4. The summed E-state index contributed by atoms with van der Waals surface area (Å²) < 4.78 is 7.45. The first-order valence-electron chi connectivity index (χ1n) is 9.31. The lowest BCUT2D eigenvalue weighted by atomic mass is 10.0. The van der Waals surface area contributed by atoms with Crippen molar-refractivity contribution in [1.29, 1.82) is 0 Å². The predicted octanol–water partition coefficient (Wildman–Crippen LogP) is 2.05. The van der Waals surface area contributed by atoms with Crippen LogP contribution in [-0.2, 0) is 24.9 Å². The number of ether oxygens (including phenoxy) is 1. The molecule has 0 saturated heterocycles. The highest BCUT2D eigenvalue weighted by atomic mass is 32.2. The number of rotatable bonds is 9. The van der Waals surface area contributed by atoms with Crippen molar-refractivity contribution in [2.45, 2.75) is 25.1 Å². The molecule has 30 heavy (non-hydrogen) atoms. The van der Waals surface area contributed by atoms with Gasteiger partial charge < -0.3 is 24.5 Å². The third-order valence-electron chi connectivity index (χ3n) is 4.39. The molecule has 0 aliphatic heterocycles. The molecule has 2 aromatic carbocycles. The molecule has 0 saturated carbocycles. The van der Waals surface area contributed by atoms with Crippen LogP contribution < -0.4 is 15.2 Å². The van der Waals surface area contributed by atoms with Crippen LogP contribution in [0.3, 0.4) is 0 Å². The highest BCUT2D eigenvalue weighted by Gasteiger charge is 2.14. The Morgan fingerprint density at radius 2 is 1.90 bits per heavy atom. The number of carboxylic acid groups (broad SMARTS) is 1. The molecule has 8 nitrogen and oxygen atoms in total. The van der Waals surface area contributed by atoms with Gasteiger partial charge in [0.15, 0.2) is 11.0 Å². The van der Waals surface area contributed by atoms with Gasteiger partial charge in [-0.25, -0.2) is 0 Å². The minimum absolute atomic E-state index is 0.0827. The van der Waals surface area contributed by atoms with E-state index in [4.69, 9.17) is 4.74 Å². The molecule has 0 unspecified atom stereocenters. The van der Waals surface area contributed by atoms with Gasteiger partial charge in [-0.1, -0.05) is 49.0 Å². The Labute approximate surface area is 178 Å². The fourth-order valence-corrected chi connectivity index (χ4v) is 3.58. The fraction of sp³-hybridized carbons (Fsp3) is 0.238. The first-order valence-corrected chi connectivity index (χ1v) is 10.3. The second kappa shape index (κ2) is 9.93. The molecule has 0 spiro atoms. The van der Waals surface area contributed by atoms with Gasteiger partial charge in [-0.15, -0.1) is 10.2 Å². The quantitative estimate of drug-likeness (QED) is 0.523. The normalized spacial score (nSPS) is 10.6. The van der Waals surface area contributed by atoms with Gasteiger partial charge in [0.05, 0.1) is 11.7 Å². The molecule has 0 atom stereocenters. The number of hydrogen-bond donors (Lipinski definition) is 1. The lowest BCUT2D eigenvalue weighted by Gasteiger charge is -2.15. The minimum atomic E-state index is -1.26. The van der Waals surface area contributed by atoms with E-state index in [0.717, 1.165) is 5.75 Å². The smallest absolute Gasteiger partial charge is 0.234 e. The van der Waals surface area contributed by atoms with E-state index in [-0.39, 0.29) is 23.8 Å². The van der Waals surface area contributed by atoms with E-state index in [1.807, 2.05) is 44.3 Å². The number of anilines is 1. The van der Waals surface area contributed by atoms with Gasteiger partial charge in [-0.05, 0) is 30.2 Å². The number of aromatic carboxylic acids is 1. The summed E-state index contributed by atoms with van der Waals surface area (Å²) in [6, 6.07) is 14.1. The summed E-state index contributed by atoms with van der Waals surface area (Å²) in [6.07, 6.45) is 0.459. The van der Waals surface area contributed by atoms with Crippen LogP contribution in [0.1, 0.15) is 28.7 Å². The maximum absolute atomic E-state index is 12.4. The van der Waals surface area contributed by atoms with Crippen LogP contribution in [0.25, 0.3) is 0 Å². The largest absolute Gasteiger partial charge is 0.545 e. The third kappa shape index (κ3) is 5.18. The van der Waals surface area contributed by atoms with Gasteiger partial charge in [0, 0.05) is 18.3 Å². The molecule has 3 rings (SSSR count). The Kier molecular flexibility index (Phi) is 7.08. The molecular weight excluding hydrogens is 404 g/mol. The maximum Gasteiger partial charge on any atom is 0.234 e. The Morgan fingerprint density at radius 3 is 2.60 bits per heavy atom. The Bertz CT molecular complexity index is 1040. The average molecular weight is 425 g/mol. The highest BCUT2D eigenvalue weighted by molar-refractivity contribution is 7.99. The average Bonchev–Trinajstić information content (AvgIpc) is 3.10. The van der Waals surface area contributed by atoms with Crippen LogP contribution in [0.5, 0.6) is 5.75 Å². The SMILES string of the molecule is CCc1c(NC(=O)CSc2nnc(COc3ccccc3)n2C)cccc1C(=O)[O-]. The van der Waals surface area contributed by atoms with Gasteiger partial charge >= 0.3 is 0 Å². The third-order valence-corrected chi connectivity index (χ3v) is 5.41. The molecule has 9 heteroatoms. The topological polar surface area (TPSA) is 109 Å². The second-order valence-corrected chi connectivity index (χ2v) is 7.31. The number of amides is 1. The highest BCUT2D eigenvalue weighted by Crippen LogP contribution is 2.22. The molecular formula is C21H21N4O4S-. The standard InChI is InChI=1S/C21H22N4O4S/c1-3-15-16(20(27)28)10-7-11-17(15)22-19(26)13-30-21-24-23-18(25(21)2)12-29-14-8-5-4-6-9-14/h4-11H,3,12-13H2,1-2H3,(H,22,26)(H,27,28)/p-1. The number of benzene rings is 2. The van der Waals surface area contributed by atoms with E-state index in [1.165, 1.54) is 17.8 Å². The molecule has 1 aromatic heterocycles. The molecule has 0 radical (unpaired) electrons. The van der Waals surface area contributed by atoms with Crippen LogP contribution in [0.2, 0.25) is 0 Å². The van der Waals surface area contributed by atoms with Crippen molar-refractivity contribution in [3.63, 3.8) is 0 Å². The summed E-state index contributed by atoms with van der Waals surface area (Å²) in [5.41, 5.74) is 1.09. The van der Waals surface area contributed by atoms with E-state index < -0.39 is 5.97 Å². The molecule has 1 amide bonds. The maximum atomic E-state index is 12.4. The van der Waals surface area contributed by atoms with E-state index in [9.17, 15) is 14.7 Å². The van der Waals surface area contributed by atoms with Crippen molar-refractivity contribution < 1.29 is 19.4 Å². The van der Waals surface area contributed by atoms with Crippen molar-refractivity contribution in [3.05, 3.63) is 65.5 Å². The van der Waals surface area contributed by atoms with E-state index in [0.29, 0.717) is 28.7 Å². The Balaban J connectivity index is 1.58. The molecule has 156 valence electrons. The van der Waals surface area contributed by atoms with Crippen molar-refractivity contribution in [2.24, 2.45) is 7.05 Å². The number of aromatic nitrogens is 3. The number of carbonyl (C=O) groups is 2. The summed E-state index contributed by atoms with van der Waals surface area (Å²) in [4.78, 5) is 23.6. The molecule has 1 heterocycles. The van der Waals surface area contributed by atoms with Crippen LogP contribution >= 0.6 is 11.8 Å². The van der Waals surface area contributed by atoms with Gasteiger partial charge in [-0.3, -0.25) is 4.79 Å². The Hall–Kier alpha value is -3.33. The van der Waals surface area contributed by atoms with Gasteiger partial charge in [-0.2, -0.15) is 0 Å². The second-order valence-electron chi connectivity index (χ2n) is 6.37. The number of nitrogens with zero attached hydrogens (tertiary/aromatic N) is 3. The molecule has 3 aromatic rings. The number of para-hydroxylation sites is 1. The van der Waals surface area contributed by atoms with Crippen LogP contribution in [-0.4, -0.2) is 32.4 Å². The van der Waals surface area contributed by atoms with Crippen molar-refractivity contribution in [3.8, 4) is 5.75 Å². The van der Waals surface area contributed by atoms with Gasteiger partial charge in [0.2, 0.25) is 5.91 Å². The van der Waals surface area contributed by atoms with Crippen molar-refractivity contribution in [2.75, 3.05) is 11.1 Å². The summed E-state index contributed by atoms with van der Waals surface area (Å²) in [5.74, 6) is -0.0576. The summed E-state index contributed by atoms with van der Waals surface area (Å²) in [5, 5.41) is 22.8. The van der Waals surface area contributed by atoms with Crippen molar-refractivity contribution in [1.82, 2.24) is 14.8 Å². The van der Waals surface area contributed by atoms with E-state index in [2.05, 4.69) is 15.5 Å². The lowest BCUT2D eigenvalue weighted by Crippen LogP contribution is -2.25. The van der Waals surface area contributed by atoms with E-state index >= 15 is 0 Å². The monoisotopic (exact) mass is 425 g/mol. The zero-order valence-electron chi connectivity index (χ0n) is 16.6. The zero-order chi connectivity index (χ0) is 21.5. The molecule has 0 fully saturated rings. The molecule has 1 N–H and O–H groups in total. The fourth-order valence-electron chi connectivity index (χ4n) is 2.85. The summed E-state index contributed by atoms with van der Waals surface area (Å²) >= 11 is 1.23. The number of hydrogen-bond acceptors (Lipinski definition) is 7. The van der Waals surface area contributed by atoms with Crippen LogP contribution in [0, 0.1) is 0 Å². The minimum Gasteiger partial charge on any atom is -0.545 e. The first kappa shape index (κ1) is 21.4.